The molecular weight excluding hydrogens is 430 g/mol. The number of anilines is 1. The highest BCUT2D eigenvalue weighted by molar-refractivity contribution is 7.92. The Morgan fingerprint density at radius 1 is 1.22 bits per heavy atom. The standard InChI is InChI=1S/C23H25N3O5S/c1-16(19-8-10-20(11-9-19)24-32(4,29)30)7-12-21-15-25(14-17(2)26(21)18(3)27)23(28)22-6-5-13-31-22/h5-13,15,17,24H,1,14H2,2-4H3/b12-7-. The number of carbonyl (C=O) groups excluding carboxylic acids is 2. The molecule has 3 rings (SSSR count). The molecule has 0 aliphatic carbocycles. The lowest BCUT2D eigenvalue weighted by molar-refractivity contribution is -0.129. The average molecular weight is 456 g/mol. The number of nitrogens with one attached hydrogen (secondary N) is 1. The van der Waals surface area contributed by atoms with E-state index in [1.54, 1.807) is 59.7 Å². The van der Waals surface area contributed by atoms with Crippen LogP contribution in [0.25, 0.3) is 5.57 Å². The molecule has 9 heteroatoms. The number of hydrogen-bond donors (Lipinski definition) is 1. The molecule has 168 valence electrons. The molecule has 1 atom stereocenters. The largest absolute Gasteiger partial charge is 0.459 e. The predicted octanol–water partition coefficient (Wildman–Crippen LogP) is 3.45. The van der Waals surface area contributed by atoms with Crippen LogP contribution in [0.3, 0.4) is 0 Å². The molecule has 1 aromatic carbocycles. The summed E-state index contributed by atoms with van der Waals surface area (Å²) < 4.78 is 30.3. The Morgan fingerprint density at radius 3 is 2.47 bits per heavy atom. The van der Waals surface area contributed by atoms with Gasteiger partial charge in [0.15, 0.2) is 5.76 Å². The summed E-state index contributed by atoms with van der Waals surface area (Å²) >= 11 is 0. The molecule has 0 saturated heterocycles. The van der Waals surface area contributed by atoms with Crippen LogP contribution in [-0.2, 0) is 14.8 Å². The highest BCUT2D eigenvalue weighted by atomic mass is 32.2. The van der Waals surface area contributed by atoms with Gasteiger partial charge < -0.3 is 14.2 Å². The van der Waals surface area contributed by atoms with E-state index < -0.39 is 10.0 Å². The molecule has 0 saturated carbocycles. The van der Waals surface area contributed by atoms with Gasteiger partial charge in [0, 0.05) is 25.4 Å². The van der Waals surface area contributed by atoms with Gasteiger partial charge in [0.25, 0.3) is 5.91 Å². The van der Waals surface area contributed by atoms with E-state index in [1.165, 1.54) is 18.1 Å². The molecule has 0 fully saturated rings. The molecule has 1 aliphatic rings. The molecule has 1 unspecified atom stereocenters. The summed E-state index contributed by atoms with van der Waals surface area (Å²) in [5.74, 6) is -0.204. The summed E-state index contributed by atoms with van der Waals surface area (Å²) in [5, 5.41) is 0. The smallest absolute Gasteiger partial charge is 0.293 e. The van der Waals surface area contributed by atoms with E-state index in [1.807, 2.05) is 6.92 Å². The van der Waals surface area contributed by atoms with Gasteiger partial charge in [-0.05, 0) is 48.4 Å². The first kappa shape index (κ1) is 23.1. The van der Waals surface area contributed by atoms with Gasteiger partial charge in [0.1, 0.15) is 0 Å². The molecule has 1 aromatic heterocycles. The molecule has 8 nitrogen and oxygen atoms in total. The van der Waals surface area contributed by atoms with Crippen LogP contribution in [-0.4, -0.2) is 48.9 Å². The SMILES string of the molecule is C=C(/C=C\C1=CN(C(=O)c2ccco2)CC(C)N1C(C)=O)c1ccc(NS(C)(=O)=O)cc1. The number of amides is 2. The van der Waals surface area contributed by atoms with Crippen LogP contribution in [0.2, 0.25) is 0 Å². The maximum absolute atomic E-state index is 12.7. The molecule has 1 N–H and O–H groups in total. The second-order valence-electron chi connectivity index (χ2n) is 7.54. The molecule has 1 aliphatic heterocycles. The van der Waals surface area contributed by atoms with E-state index in [4.69, 9.17) is 4.42 Å². The Labute approximate surface area is 187 Å². The third kappa shape index (κ3) is 5.55. The first-order chi connectivity index (χ1) is 15.0. The summed E-state index contributed by atoms with van der Waals surface area (Å²) in [6.07, 6.45) is 7.61. The van der Waals surface area contributed by atoms with Crippen molar-refractivity contribution in [2.75, 3.05) is 17.5 Å². The van der Waals surface area contributed by atoms with Crippen LogP contribution in [0.15, 0.2) is 77.7 Å². The van der Waals surface area contributed by atoms with Gasteiger partial charge >= 0.3 is 0 Å². The zero-order valence-electron chi connectivity index (χ0n) is 18.1. The predicted molar refractivity (Wildman–Crippen MR) is 123 cm³/mol. The normalized spacial score (nSPS) is 16.7. The zero-order valence-corrected chi connectivity index (χ0v) is 18.9. The van der Waals surface area contributed by atoms with Crippen molar-refractivity contribution in [2.24, 2.45) is 0 Å². The van der Waals surface area contributed by atoms with E-state index >= 15 is 0 Å². The Morgan fingerprint density at radius 2 is 1.91 bits per heavy atom. The molecule has 0 radical (unpaired) electrons. The van der Waals surface area contributed by atoms with Crippen molar-refractivity contribution >= 4 is 33.1 Å². The van der Waals surface area contributed by atoms with Gasteiger partial charge in [-0.1, -0.05) is 24.8 Å². The lowest BCUT2D eigenvalue weighted by Crippen LogP contribution is -2.48. The molecular formula is C23H25N3O5S. The van der Waals surface area contributed by atoms with Crippen molar-refractivity contribution in [1.29, 1.82) is 0 Å². The number of sulfonamides is 1. The summed E-state index contributed by atoms with van der Waals surface area (Å²) in [5.41, 5.74) is 2.43. The van der Waals surface area contributed by atoms with E-state index in [0.717, 1.165) is 11.8 Å². The van der Waals surface area contributed by atoms with Gasteiger partial charge in [0.2, 0.25) is 15.9 Å². The fraction of sp³-hybridized carbons (Fsp3) is 0.217. The third-order valence-corrected chi connectivity index (χ3v) is 5.42. The minimum Gasteiger partial charge on any atom is -0.459 e. The highest BCUT2D eigenvalue weighted by Gasteiger charge is 2.30. The van der Waals surface area contributed by atoms with Crippen LogP contribution in [0, 0.1) is 0 Å². The van der Waals surface area contributed by atoms with Crippen molar-refractivity contribution in [2.45, 2.75) is 19.9 Å². The van der Waals surface area contributed by atoms with Crippen molar-refractivity contribution < 1.29 is 22.4 Å². The minimum absolute atomic E-state index is 0.139. The van der Waals surface area contributed by atoms with E-state index in [0.29, 0.717) is 23.5 Å². The van der Waals surface area contributed by atoms with Crippen LogP contribution in [0.5, 0.6) is 0 Å². The zero-order chi connectivity index (χ0) is 23.5. The van der Waals surface area contributed by atoms with Gasteiger partial charge in [-0.25, -0.2) is 8.42 Å². The Hall–Kier alpha value is -3.59. The first-order valence-electron chi connectivity index (χ1n) is 9.86. The summed E-state index contributed by atoms with van der Waals surface area (Å²) in [7, 11) is -3.35. The number of allylic oxidation sites excluding steroid dienone is 3. The number of benzene rings is 1. The van der Waals surface area contributed by atoms with Crippen molar-refractivity contribution in [3.8, 4) is 0 Å². The van der Waals surface area contributed by atoms with Crippen molar-refractivity contribution in [1.82, 2.24) is 9.80 Å². The van der Waals surface area contributed by atoms with Crippen LogP contribution in [0.1, 0.15) is 30.0 Å². The fourth-order valence-corrected chi connectivity index (χ4v) is 4.01. The van der Waals surface area contributed by atoms with Crippen LogP contribution >= 0.6 is 0 Å². The molecule has 0 spiro atoms. The second-order valence-corrected chi connectivity index (χ2v) is 9.29. The summed E-state index contributed by atoms with van der Waals surface area (Å²) in [4.78, 5) is 28.1. The lowest BCUT2D eigenvalue weighted by atomic mass is 10.1. The number of nitrogens with zero attached hydrogens (tertiary/aromatic N) is 2. The number of furan rings is 1. The topological polar surface area (TPSA) is 99.9 Å². The number of hydrogen-bond acceptors (Lipinski definition) is 5. The first-order valence-corrected chi connectivity index (χ1v) is 11.8. The maximum atomic E-state index is 12.7. The molecule has 2 heterocycles. The van der Waals surface area contributed by atoms with Crippen LogP contribution < -0.4 is 4.72 Å². The number of carbonyl (C=O) groups is 2. The number of rotatable bonds is 6. The Kier molecular flexibility index (Phi) is 6.69. The third-order valence-electron chi connectivity index (χ3n) is 4.81. The van der Waals surface area contributed by atoms with Gasteiger partial charge in [-0.2, -0.15) is 0 Å². The quantitative estimate of drug-likeness (QED) is 0.673. The average Bonchev–Trinajstić information content (AvgIpc) is 3.25. The Bertz CT molecular complexity index is 1180. The monoisotopic (exact) mass is 455 g/mol. The minimum atomic E-state index is -3.35. The van der Waals surface area contributed by atoms with Gasteiger partial charge in [-0.3, -0.25) is 14.3 Å². The van der Waals surface area contributed by atoms with Crippen molar-refractivity contribution in [3.63, 3.8) is 0 Å². The van der Waals surface area contributed by atoms with Crippen LogP contribution in [0.4, 0.5) is 5.69 Å². The Balaban J connectivity index is 1.83. The molecule has 2 aromatic rings. The van der Waals surface area contributed by atoms with E-state index in [-0.39, 0.29) is 23.6 Å². The van der Waals surface area contributed by atoms with Crippen molar-refractivity contribution in [3.05, 3.63) is 84.6 Å². The molecule has 2 amide bonds. The van der Waals surface area contributed by atoms with Gasteiger partial charge in [-0.15, -0.1) is 0 Å². The molecule has 0 bridgehead atoms. The maximum Gasteiger partial charge on any atom is 0.293 e. The fourth-order valence-electron chi connectivity index (χ4n) is 3.44. The van der Waals surface area contributed by atoms with E-state index in [9.17, 15) is 18.0 Å². The molecule has 32 heavy (non-hydrogen) atoms. The van der Waals surface area contributed by atoms with Gasteiger partial charge in [0.05, 0.1) is 24.3 Å². The summed E-state index contributed by atoms with van der Waals surface area (Å²) in [6, 6.07) is 9.78. The summed E-state index contributed by atoms with van der Waals surface area (Å²) in [6.45, 7) is 7.73. The second kappa shape index (κ2) is 9.27. The lowest BCUT2D eigenvalue weighted by Gasteiger charge is -2.37. The highest BCUT2D eigenvalue weighted by Crippen LogP contribution is 2.24. The van der Waals surface area contributed by atoms with E-state index in [2.05, 4.69) is 11.3 Å².